The number of benzene rings is 1. The number of rotatable bonds is 3. The number of hydrogen-bond donors (Lipinski definition) is 1. The molecule has 0 radical (unpaired) electrons. The van der Waals surface area contributed by atoms with Crippen LogP contribution < -0.4 is 10.2 Å². The summed E-state index contributed by atoms with van der Waals surface area (Å²) in [5.74, 6) is 0. The van der Waals surface area contributed by atoms with Crippen LogP contribution in [0.2, 0.25) is 0 Å². The van der Waals surface area contributed by atoms with Gasteiger partial charge in [0.25, 0.3) is 0 Å². The molecule has 2 aromatic rings. The van der Waals surface area contributed by atoms with Gasteiger partial charge >= 0.3 is 0 Å². The number of nitrogens with zero attached hydrogens (tertiary/aromatic N) is 2. The van der Waals surface area contributed by atoms with E-state index >= 15 is 0 Å². The molecule has 3 heteroatoms. The summed E-state index contributed by atoms with van der Waals surface area (Å²) in [6, 6.07) is 13.4. The monoisotopic (exact) mass is 281 g/mol. The van der Waals surface area contributed by atoms with E-state index < -0.39 is 0 Å². The van der Waals surface area contributed by atoms with E-state index in [1.165, 1.54) is 35.3 Å². The van der Waals surface area contributed by atoms with E-state index in [2.05, 4.69) is 59.5 Å². The first kappa shape index (κ1) is 14.1. The van der Waals surface area contributed by atoms with E-state index in [9.17, 15) is 0 Å². The number of anilines is 1. The number of para-hydroxylation sites is 1. The topological polar surface area (TPSA) is 28.2 Å². The molecule has 3 rings (SSSR count). The van der Waals surface area contributed by atoms with Gasteiger partial charge in [-0.2, -0.15) is 0 Å². The van der Waals surface area contributed by atoms with Crippen molar-refractivity contribution in [3.8, 4) is 0 Å². The lowest BCUT2D eigenvalue weighted by atomic mass is 10.0. The zero-order valence-corrected chi connectivity index (χ0v) is 12.8. The second kappa shape index (κ2) is 6.27. The minimum absolute atomic E-state index is 0.455. The lowest BCUT2D eigenvalue weighted by molar-refractivity contribution is 0.541. The standard InChI is InChI=1S/C18H23N3/c1-14-7-5-11-20-17(14)13-21-12-6-9-16(19-2)15-8-3-4-10-18(15)21/h3-5,7-8,10-11,16,19H,6,9,12-13H2,1-2H3. The second-order valence-corrected chi connectivity index (χ2v) is 5.73. The van der Waals surface area contributed by atoms with Crippen LogP contribution in [0.25, 0.3) is 0 Å². The molecule has 1 atom stereocenters. The van der Waals surface area contributed by atoms with Gasteiger partial charge in [0, 0.05) is 24.5 Å². The molecule has 1 N–H and O–H groups in total. The van der Waals surface area contributed by atoms with Crippen molar-refractivity contribution in [3.63, 3.8) is 0 Å². The summed E-state index contributed by atoms with van der Waals surface area (Å²) < 4.78 is 0. The van der Waals surface area contributed by atoms with Crippen LogP contribution in [0.5, 0.6) is 0 Å². The molecule has 2 heterocycles. The van der Waals surface area contributed by atoms with Gasteiger partial charge in [0.1, 0.15) is 0 Å². The Kier molecular flexibility index (Phi) is 4.20. The van der Waals surface area contributed by atoms with Gasteiger partial charge in [-0.25, -0.2) is 0 Å². The molecule has 1 aliphatic rings. The highest BCUT2D eigenvalue weighted by Gasteiger charge is 2.21. The van der Waals surface area contributed by atoms with Gasteiger partial charge < -0.3 is 10.2 Å². The number of nitrogens with one attached hydrogen (secondary N) is 1. The van der Waals surface area contributed by atoms with Crippen molar-refractivity contribution in [1.29, 1.82) is 0 Å². The number of fused-ring (bicyclic) bond motifs is 1. The molecule has 0 saturated carbocycles. The zero-order chi connectivity index (χ0) is 14.7. The van der Waals surface area contributed by atoms with Crippen LogP contribution in [0.15, 0.2) is 42.6 Å². The Morgan fingerprint density at radius 2 is 2.10 bits per heavy atom. The average molecular weight is 281 g/mol. The molecule has 3 nitrogen and oxygen atoms in total. The van der Waals surface area contributed by atoms with Crippen LogP contribution in [-0.2, 0) is 6.54 Å². The molecule has 0 amide bonds. The van der Waals surface area contributed by atoms with Gasteiger partial charge in [0.2, 0.25) is 0 Å². The Morgan fingerprint density at radius 1 is 1.24 bits per heavy atom. The normalized spacial score (nSPS) is 18.2. The molecule has 1 aromatic carbocycles. The summed E-state index contributed by atoms with van der Waals surface area (Å²) in [4.78, 5) is 7.03. The van der Waals surface area contributed by atoms with Crippen LogP contribution in [0.3, 0.4) is 0 Å². The van der Waals surface area contributed by atoms with E-state index in [4.69, 9.17) is 0 Å². The van der Waals surface area contributed by atoms with Crippen LogP contribution in [0.4, 0.5) is 5.69 Å². The summed E-state index contributed by atoms with van der Waals surface area (Å²) in [6.45, 7) is 4.12. The van der Waals surface area contributed by atoms with E-state index in [1.807, 2.05) is 12.3 Å². The van der Waals surface area contributed by atoms with Crippen LogP contribution in [-0.4, -0.2) is 18.6 Å². The first-order chi connectivity index (χ1) is 10.3. The van der Waals surface area contributed by atoms with Crippen LogP contribution in [0, 0.1) is 6.92 Å². The van der Waals surface area contributed by atoms with Gasteiger partial charge in [-0.1, -0.05) is 24.3 Å². The fraction of sp³-hybridized carbons (Fsp3) is 0.389. The number of pyridine rings is 1. The highest BCUT2D eigenvalue weighted by Crippen LogP contribution is 2.33. The van der Waals surface area contributed by atoms with Gasteiger partial charge in [-0.05, 0) is 50.1 Å². The first-order valence-corrected chi connectivity index (χ1v) is 7.71. The maximum absolute atomic E-state index is 4.56. The fourth-order valence-electron chi connectivity index (χ4n) is 3.16. The van der Waals surface area contributed by atoms with Gasteiger partial charge in [-0.15, -0.1) is 0 Å². The average Bonchev–Trinajstić information content (AvgIpc) is 2.69. The molecule has 1 aromatic heterocycles. The summed E-state index contributed by atoms with van der Waals surface area (Å²) in [5.41, 5.74) is 5.20. The van der Waals surface area contributed by atoms with Crippen LogP contribution >= 0.6 is 0 Å². The Morgan fingerprint density at radius 3 is 2.90 bits per heavy atom. The smallest absolute Gasteiger partial charge is 0.0626 e. The molecular weight excluding hydrogens is 258 g/mol. The van der Waals surface area contributed by atoms with Gasteiger partial charge in [0.05, 0.1) is 12.2 Å². The molecule has 0 aliphatic carbocycles. The van der Waals surface area contributed by atoms with Crippen molar-refractivity contribution in [2.75, 3.05) is 18.5 Å². The Balaban J connectivity index is 1.93. The highest BCUT2D eigenvalue weighted by molar-refractivity contribution is 5.56. The summed E-state index contributed by atoms with van der Waals surface area (Å²) in [6.07, 6.45) is 4.28. The van der Waals surface area contributed by atoms with Gasteiger partial charge in [0.15, 0.2) is 0 Å². The largest absolute Gasteiger partial charge is 0.365 e. The molecular formula is C18H23N3. The molecule has 110 valence electrons. The van der Waals surface area contributed by atoms with Crippen molar-refractivity contribution in [2.45, 2.75) is 32.4 Å². The number of hydrogen-bond acceptors (Lipinski definition) is 3. The summed E-state index contributed by atoms with van der Waals surface area (Å²) in [5, 5.41) is 3.45. The third-order valence-electron chi connectivity index (χ3n) is 4.38. The molecule has 0 saturated heterocycles. The first-order valence-electron chi connectivity index (χ1n) is 7.71. The lowest BCUT2D eigenvalue weighted by Crippen LogP contribution is -2.24. The number of aryl methyl sites for hydroxylation is 1. The van der Waals surface area contributed by atoms with E-state index in [-0.39, 0.29) is 0 Å². The fourth-order valence-corrected chi connectivity index (χ4v) is 3.16. The SMILES string of the molecule is CNC1CCCN(Cc2ncccc2C)c2ccccc21. The van der Waals surface area contributed by atoms with E-state index in [0.717, 1.165) is 13.1 Å². The summed E-state index contributed by atoms with van der Waals surface area (Å²) >= 11 is 0. The minimum atomic E-state index is 0.455. The molecule has 1 aliphatic heterocycles. The van der Waals surface area contributed by atoms with Crippen molar-refractivity contribution in [2.24, 2.45) is 0 Å². The molecule has 0 bridgehead atoms. The van der Waals surface area contributed by atoms with E-state index in [1.54, 1.807) is 0 Å². The van der Waals surface area contributed by atoms with E-state index in [0.29, 0.717) is 6.04 Å². The maximum Gasteiger partial charge on any atom is 0.0626 e. The maximum atomic E-state index is 4.56. The third-order valence-corrected chi connectivity index (χ3v) is 4.38. The highest BCUT2D eigenvalue weighted by atomic mass is 15.1. The molecule has 0 spiro atoms. The molecule has 0 fully saturated rings. The predicted octanol–water partition coefficient (Wildman–Crippen LogP) is 3.45. The second-order valence-electron chi connectivity index (χ2n) is 5.73. The van der Waals surface area contributed by atoms with Crippen molar-refractivity contribution in [1.82, 2.24) is 10.3 Å². The minimum Gasteiger partial charge on any atom is -0.365 e. The summed E-state index contributed by atoms with van der Waals surface area (Å²) in [7, 11) is 2.06. The Hall–Kier alpha value is -1.87. The molecule has 21 heavy (non-hydrogen) atoms. The van der Waals surface area contributed by atoms with Gasteiger partial charge in [-0.3, -0.25) is 4.98 Å². The Bertz CT molecular complexity index is 609. The number of aromatic nitrogens is 1. The third kappa shape index (κ3) is 2.93. The quantitative estimate of drug-likeness (QED) is 0.934. The van der Waals surface area contributed by atoms with Crippen molar-refractivity contribution in [3.05, 3.63) is 59.4 Å². The predicted molar refractivity (Wildman–Crippen MR) is 87.5 cm³/mol. The molecule has 1 unspecified atom stereocenters. The zero-order valence-electron chi connectivity index (χ0n) is 12.8. The van der Waals surface area contributed by atoms with Crippen molar-refractivity contribution < 1.29 is 0 Å². The van der Waals surface area contributed by atoms with Crippen molar-refractivity contribution >= 4 is 5.69 Å². The lowest BCUT2D eigenvalue weighted by Gasteiger charge is -2.26. The van der Waals surface area contributed by atoms with Crippen LogP contribution in [0.1, 0.15) is 35.7 Å². The Labute approximate surface area is 127 Å².